The number of nitrogens with zero attached hydrogens (tertiary/aromatic N) is 1. The van der Waals surface area contributed by atoms with Crippen LogP contribution in [0.5, 0.6) is 0 Å². The molecule has 0 fully saturated rings. The molecule has 6 heteroatoms. The molecular formula is C24H26N4O2. The van der Waals surface area contributed by atoms with E-state index in [4.69, 9.17) is 0 Å². The van der Waals surface area contributed by atoms with Crippen LogP contribution in [-0.2, 0) is 6.54 Å². The first-order valence-corrected chi connectivity index (χ1v) is 9.86. The van der Waals surface area contributed by atoms with Gasteiger partial charge in [-0.2, -0.15) is 0 Å². The molecule has 3 amide bonds. The van der Waals surface area contributed by atoms with Crippen LogP contribution in [0.3, 0.4) is 0 Å². The van der Waals surface area contributed by atoms with E-state index in [-0.39, 0.29) is 18.0 Å². The minimum absolute atomic E-state index is 0.0221. The summed E-state index contributed by atoms with van der Waals surface area (Å²) in [5, 5.41) is 7.32. The number of rotatable bonds is 7. The Bertz CT molecular complexity index is 975. The van der Waals surface area contributed by atoms with Gasteiger partial charge < -0.3 is 10.6 Å². The van der Waals surface area contributed by atoms with Crippen molar-refractivity contribution in [3.8, 4) is 0 Å². The van der Waals surface area contributed by atoms with Crippen molar-refractivity contribution >= 4 is 23.3 Å². The third-order valence-corrected chi connectivity index (χ3v) is 4.29. The molecule has 154 valence electrons. The van der Waals surface area contributed by atoms with E-state index in [1.807, 2.05) is 79.5 Å². The van der Waals surface area contributed by atoms with Crippen molar-refractivity contribution in [2.24, 2.45) is 0 Å². The number of carbonyl (C=O) groups excluding carboxylic acids is 2. The summed E-state index contributed by atoms with van der Waals surface area (Å²) in [7, 11) is 0. The van der Waals surface area contributed by atoms with E-state index in [1.165, 1.54) is 0 Å². The van der Waals surface area contributed by atoms with E-state index in [9.17, 15) is 9.59 Å². The lowest BCUT2D eigenvalue weighted by Crippen LogP contribution is -2.42. The van der Waals surface area contributed by atoms with E-state index < -0.39 is 0 Å². The van der Waals surface area contributed by atoms with Gasteiger partial charge in [0.2, 0.25) is 0 Å². The fourth-order valence-corrected chi connectivity index (χ4v) is 2.92. The van der Waals surface area contributed by atoms with Crippen LogP contribution in [0, 0.1) is 0 Å². The fraction of sp³-hybridized carbons (Fsp3) is 0.167. The molecular weight excluding hydrogens is 376 g/mol. The second kappa shape index (κ2) is 10.1. The predicted molar refractivity (Wildman–Crippen MR) is 120 cm³/mol. The molecule has 0 heterocycles. The summed E-state index contributed by atoms with van der Waals surface area (Å²) in [4.78, 5) is 24.9. The highest BCUT2D eigenvalue weighted by Gasteiger charge is 2.14. The highest BCUT2D eigenvalue weighted by molar-refractivity contribution is 5.97. The average molecular weight is 402 g/mol. The Morgan fingerprint density at radius 3 is 2.20 bits per heavy atom. The lowest BCUT2D eigenvalue weighted by atomic mass is 10.2. The normalized spacial score (nSPS) is 10.4. The molecule has 0 saturated heterocycles. The van der Waals surface area contributed by atoms with Crippen molar-refractivity contribution in [3.05, 3.63) is 96.1 Å². The van der Waals surface area contributed by atoms with Crippen molar-refractivity contribution < 1.29 is 9.59 Å². The summed E-state index contributed by atoms with van der Waals surface area (Å²) in [5.41, 5.74) is 5.93. The number of carbonyl (C=O) groups is 2. The van der Waals surface area contributed by atoms with Crippen molar-refractivity contribution in [3.63, 3.8) is 0 Å². The first-order valence-electron chi connectivity index (χ1n) is 9.86. The Morgan fingerprint density at radius 1 is 0.867 bits per heavy atom. The number of anilines is 2. The molecule has 3 aromatic rings. The molecule has 6 nitrogen and oxygen atoms in total. The number of hydrazine groups is 1. The lowest BCUT2D eigenvalue weighted by molar-refractivity contribution is 0.0948. The molecule has 30 heavy (non-hydrogen) atoms. The van der Waals surface area contributed by atoms with Crippen LogP contribution < -0.4 is 21.1 Å². The second-order valence-corrected chi connectivity index (χ2v) is 7.18. The largest absolute Gasteiger partial charge is 0.336 e. The Morgan fingerprint density at radius 2 is 1.53 bits per heavy atom. The molecule has 3 N–H and O–H groups in total. The van der Waals surface area contributed by atoms with E-state index in [0.717, 1.165) is 11.3 Å². The van der Waals surface area contributed by atoms with Crippen molar-refractivity contribution in [1.82, 2.24) is 10.7 Å². The highest BCUT2D eigenvalue weighted by atomic mass is 16.2. The number of hydrogen-bond donors (Lipinski definition) is 3. The molecule has 0 aliphatic heterocycles. The van der Waals surface area contributed by atoms with Crippen molar-refractivity contribution in [2.75, 3.05) is 10.3 Å². The van der Waals surface area contributed by atoms with Crippen LogP contribution in [0.15, 0.2) is 84.9 Å². The van der Waals surface area contributed by atoms with Crippen LogP contribution in [0.25, 0.3) is 0 Å². The third-order valence-electron chi connectivity index (χ3n) is 4.29. The summed E-state index contributed by atoms with van der Waals surface area (Å²) in [6, 6.07) is 26.2. The van der Waals surface area contributed by atoms with E-state index >= 15 is 0 Å². The van der Waals surface area contributed by atoms with Gasteiger partial charge in [0.1, 0.15) is 0 Å². The number of amides is 3. The zero-order valence-corrected chi connectivity index (χ0v) is 17.1. The third kappa shape index (κ3) is 6.10. The first-order chi connectivity index (χ1) is 14.5. The van der Waals surface area contributed by atoms with Gasteiger partial charge in [-0.25, -0.2) is 4.79 Å². The SMILES string of the molecule is CC(C)NC(=O)Nc1cccc(C(=O)NN(Cc2ccccc2)c2ccccc2)c1. The van der Waals surface area contributed by atoms with Gasteiger partial charge in [0.05, 0.1) is 12.2 Å². The van der Waals surface area contributed by atoms with Gasteiger partial charge in [0.25, 0.3) is 5.91 Å². The maximum Gasteiger partial charge on any atom is 0.319 e. The molecule has 0 aliphatic carbocycles. The van der Waals surface area contributed by atoms with Crippen LogP contribution in [0.2, 0.25) is 0 Å². The molecule has 0 saturated carbocycles. The Kier molecular flexibility index (Phi) is 7.05. The van der Waals surface area contributed by atoms with Crippen LogP contribution >= 0.6 is 0 Å². The number of nitrogens with one attached hydrogen (secondary N) is 3. The first kappa shape index (κ1) is 20.9. The van der Waals surface area contributed by atoms with E-state index in [1.54, 1.807) is 24.3 Å². The molecule has 0 atom stereocenters. The van der Waals surface area contributed by atoms with E-state index in [2.05, 4.69) is 16.1 Å². The standard InChI is InChI=1S/C24H26N4O2/c1-18(2)25-24(30)26-21-13-9-12-20(16-21)23(29)27-28(22-14-7-4-8-15-22)17-19-10-5-3-6-11-19/h3-16,18H,17H2,1-2H3,(H,27,29)(H2,25,26,30). The van der Waals surface area contributed by atoms with Gasteiger partial charge in [-0.1, -0.05) is 54.6 Å². The van der Waals surface area contributed by atoms with Crippen LogP contribution in [-0.4, -0.2) is 18.0 Å². The number of benzene rings is 3. The Labute approximate surface area is 176 Å². The van der Waals surface area contributed by atoms with Gasteiger partial charge in [-0.3, -0.25) is 15.2 Å². The van der Waals surface area contributed by atoms with Gasteiger partial charge in [-0.15, -0.1) is 0 Å². The fourth-order valence-electron chi connectivity index (χ4n) is 2.92. The van der Waals surface area contributed by atoms with Crippen molar-refractivity contribution in [1.29, 1.82) is 0 Å². The van der Waals surface area contributed by atoms with Gasteiger partial charge in [-0.05, 0) is 49.7 Å². The number of para-hydroxylation sites is 1. The smallest absolute Gasteiger partial charge is 0.319 e. The molecule has 0 spiro atoms. The molecule has 0 bridgehead atoms. The summed E-state index contributed by atoms with van der Waals surface area (Å²) in [6.07, 6.45) is 0. The zero-order valence-electron chi connectivity index (χ0n) is 17.1. The van der Waals surface area contributed by atoms with Crippen LogP contribution in [0.4, 0.5) is 16.2 Å². The molecule has 3 rings (SSSR count). The van der Waals surface area contributed by atoms with E-state index in [0.29, 0.717) is 17.8 Å². The highest BCUT2D eigenvalue weighted by Crippen LogP contribution is 2.16. The predicted octanol–water partition coefficient (Wildman–Crippen LogP) is 4.57. The second-order valence-electron chi connectivity index (χ2n) is 7.18. The lowest BCUT2D eigenvalue weighted by Gasteiger charge is -2.25. The average Bonchev–Trinajstić information content (AvgIpc) is 2.74. The molecule has 0 unspecified atom stereocenters. The molecule has 3 aromatic carbocycles. The Hall–Kier alpha value is -3.80. The minimum atomic E-state index is -0.308. The monoisotopic (exact) mass is 402 g/mol. The topological polar surface area (TPSA) is 73.5 Å². The van der Waals surface area contributed by atoms with Gasteiger partial charge >= 0.3 is 6.03 Å². The van der Waals surface area contributed by atoms with Gasteiger partial charge in [0.15, 0.2) is 0 Å². The maximum atomic E-state index is 13.0. The molecule has 0 aliphatic rings. The molecule has 0 aromatic heterocycles. The minimum Gasteiger partial charge on any atom is -0.336 e. The van der Waals surface area contributed by atoms with Crippen LogP contribution in [0.1, 0.15) is 29.8 Å². The van der Waals surface area contributed by atoms with Gasteiger partial charge in [0, 0.05) is 17.3 Å². The molecule has 0 radical (unpaired) electrons. The summed E-state index contributed by atoms with van der Waals surface area (Å²) >= 11 is 0. The number of hydrogen-bond acceptors (Lipinski definition) is 3. The number of urea groups is 1. The zero-order chi connectivity index (χ0) is 21.3. The summed E-state index contributed by atoms with van der Waals surface area (Å²) in [5.74, 6) is -0.261. The summed E-state index contributed by atoms with van der Waals surface area (Å²) in [6.45, 7) is 4.29. The van der Waals surface area contributed by atoms with Crippen molar-refractivity contribution in [2.45, 2.75) is 26.4 Å². The Balaban J connectivity index is 1.75. The summed E-state index contributed by atoms with van der Waals surface area (Å²) < 4.78 is 0. The quantitative estimate of drug-likeness (QED) is 0.507. The maximum absolute atomic E-state index is 13.0.